The first kappa shape index (κ1) is 17.6. The van der Waals surface area contributed by atoms with Crippen LogP contribution in [0.2, 0.25) is 0 Å². The molecule has 2 fully saturated rings. The van der Waals surface area contributed by atoms with Crippen LogP contribution in [-0.4, -0.2) is 52.1 Å². The Balaban J connectivity index is 1.73. The lowest BCUT2D eigenvalue weighted by Gasteiger charge is -2.36. The quantitative estimate of drug-likeness (QED) is 0.600. The molecule has 0 bridgehead atoms. The third-order valence-electron chi connectivity index (χ3n) is 4.28. The molecule has 0 aromatic heterocycles. The minimum absolute atomic E-state index is 0.0288. The Bertz CT molecular complexity index is 554. The third-order valence-corrected chi connectivity index (χ3v) is 4.28. The van der Waals surface area contributed by atoms with Gasteiger partial charge in [0.15, 0.2) is 0 Å². The van der Waals surface area contributed by atoms with Gasteiger partial charge in [0.05, 0.1) is 11.4 Å². The summed E-state index contributed by atoms with van der Waals surface area (Å²) >= 11 is 0. The maximum absolute atomic E-state index is 8.31. The summed E-state index contributed by atoms with van der Waals surface area (Å²) in [5, 5.41) is 16.6. The fourth-order valence-corrected chi connectivity index (χ4v) is 2.77. The second-order valence-electron chi connectivity index (χ2n) is 8.23. The third kappa shape index (κ3) is 3.57. The Morgan fingerprint density at radius 1 is 0.708 bits per heavy atom. The van der Waals surface area contributed by atoms with Crippen molar-refractivity contribution in [3.63, 3.8) is 0 Å². The molecule has 24 heavy (non-hydrogen) atoms. The van der Waals surface area contributed by atoms with E-state index in [1.807, 2.05) is 0 Å². The number of allylic oxidation sites excluding steroid dienone is 4. The second-order valence-corrected chi connectivity index (χ2v) is 8.23. The van der Waals surface area contributed by atoms with E-state index in [4.69, 9.17) is 29.4 Å². The van der Waals surface area contributed by atoms with Gasteiger partial charge in [-0.2, -0.15) is 0 Å². The first-order valence-corrected chi connectivity index (χ1v) is 8.25. The first-order chi connectivity index (χ1) is 11.2. The summed E-state index contributed by atoms with van der Waals surface area (Å²) < 4.78 is 23.0. The van der Waals surface area contributed by atoms with E-state index in [1.165, 1.54) is 0 Å². The van der Waals surface area contributed by atoms with E-state index in [9.17, 15) is 0 Å². The molecule has 2 aliphatic heterocycles. The van der Waals surface area contributed by atoms with Crippen molar-refractivity contribution in [3.05, 3.63) is 23.1 Å². The molecule has 1 aliphatic carbocycles. The van der Waals surface area contributed by atoms with Gasteiger partial charge < -0.3 is 18.6 Å². The molecule has 0 aromatic rings. The summed E-state index contributed by atoms with van der Waals surface area (Å²) in [6, 6.07) is 0. The molecule has 0 spiro atoms. The van der Waals surface area contributed by atoms with E-state index in [2.05, 4.69) is 27.7 Å². The minimum Gasteiger partial charge on any atom is -0.407 e. The van der Waals surface area contributed by atoms with E-state index in [1.54, 1.807) is 12.2 Å². The zero-order valence-corrected chi connectivity index (χ0v) is 14.8. The van der Waals surface area contributed by atoms with Gasteiger partial charge in [-0.25, -0.2) is 0 Å². The summed E-state index contributed by atoms with van der Waals surface area (Å²) in [5.41, 5.74) is 1.31. The highest BCUT2D eigenvalue weighted by Gasteiger charge is 2.42. The molecule has 2 saturated heterocycles. The summed E-state index contributed by atoms with van der Waals surface area (Å²) in [4.78, 5) is 0. The molecule has 0 amide bonds. The van der Waals surface area contributed by atoms with Crippen molar-refractivity contribution in [2.75, 3.05) is 26.4 Å². The van der Waals surface area contributed by atoms with Crippen LogP contribution in [0, 0.1) is 21.6 Å². The van der Waals surface area contributed by atoms with E-state index in [0.29, 0.717) is 37.4 Å². The Morgan fingerprint density at radius 3 is 1.29 bits per heavy atom. The van der Waals surface area contributed by atoms with Crippen LogP contribution >= 0.6 is 0 Å². The SMILES string of the molecule is CC1(C)COB(C2=CC=C(B3OCC(C)(C)CO3)C(=N)C2=N)OC1. The van der Waals surface area contributed by atoms with Crippen LogP contribution in [0.5, 0.6) is 0 Å². The van der Waals surface area contributed by atoms with Crippen LogP contribution in [0.25, 0.3) is 0 Å². The highest BCUT2D eigenvalue weighted by Crippen LogP contribution is 2.29. The summed E-state index contributed by atoms with van der Waals surface area (Å²) in [7, 11) is -1.17. The lowest BCUT2D eigenvalue weighted by atomic mass is 9.63. The van der Waals surface area contributed by atoms with Crippen LogP contribution in [0.1, 0.15) is 27.7 Å². The van der Waals surface area contributed by atoms with Gasteiger partial charge in [-0.15, -0.1) is 0 Å². The predicted molar refractivity (Wildman–Crippen MR) is 94.5 cm³/mol. The smallest absolute Gasteiger partial charge is 0.407 e. The predicted octanol–water partition coefficient (Wildman–Crippen LogP) is 2.09. The minimum atomic E-state index is -0.587. The van der Waals surface area contributed by atoms with Crippen molar-refractivity contribution in [1.29, 1.82) is 10.8 Å². The normalized spacial score (nSPS) is 27.0. The second kappa shape index (κ2) is 6.26. The van der Waals surface area contributed by atoms with Crippen molar-refractivity contribution in [2.45, 2.75) is 27.7 Å². The van der Waals surface area contributed by atoms with E-state index >= 15 is 0 Å². The number of nitrogens with one attached hydrogen (secondary N) is 2. The van der Waals surface area contributed by atoms with Crippen molar-refractivity contribution < 1.29 is 18.6 Å². The molecule has 8 heteroatoms. The molecule has 2 N–H and O–H groups in total. The maximum Gasteiger partial charge on any atom is 0.496 e. The number of rotatable bonds is 2. The molecule has 3 aliphatic rings. The zero-order valence-electron chi connectivity index (χ0n) is 14.8. The molecule has 0 aromatic carbocycles. The van der Waals surface area contributed by atoms with Crippen molar-refractivity contribution in [3.8, 4) is 0 Å². The molecule has 0 radical (unpaired) electrons. The van der Waals surface area contributed by atoms with Gasteiger partial charge in [0.1, 0.15) is 0 Å². The largest absolute Gasteiger partial charge is 0.496 e. The van der Waals surface area contributed by atoms with Gasteiger partial charge in [-0.05, 0) is 0 Å². The molecule has 2 heterocycles. The Hall–Kier alpha value is -1.21. The lowest BCUT2D eigenvalue weighted by Crippen LogP contribution is -2.47. The average molecular weight is 330 g/mol. The average Bonchev–Trinajstić information content (AvgIpc) is 2.51. The van der Waals surface area contributed by atoms with Crippen LogP contribution in [0.3, 0.4) is 0 Å². The van der Waals surface area contributed by atoms with Crippen LogP contribution in [0.15, 0.2) is 23.1 Å². The molecule has 3 rings (SSSR count). The Kier molecular flexibility index (Phi) is 4.59. The highest BCUT2D eigenvalue weighted by molar-refractivity contribution is 6.78. The van der Waals surface area contributed by atoms with Gasteiger partial charge in [-0.3, -0.25) is 10.8 Å². The monoisotopic (exact) mass is 330 g/mol. The van der Waals surface area contributed by atoms with Crippen LogP contribution < -0.4 is 0 Å². The van der Waals surface area contributed by atoms with Crippen molar-refractivity contribution in [1.82, 2.24) is 0 Å². The molecule has 0 unspecified atom stereocenters. The fraction of sp³-hybridized carbons (Fsp3) is 0.625. The molecular weight excluding hydrogens is 306 g/mol. The summed E-state index contributed by atoms with van der Waals surface area (Å²) in [6.45, 7) is 10.6. The van der Waals surface area contributed by atoms with Gasteiger partial charge >= 0.3 is 14.2 Å². The molecular formula is C16H24B2N2O4. The first-order valence-electron chi connectivity index (χ1n) is 8.25. The standard InChI is InChI=1S/C16H24B2N2O4/c1-15(2)7-21-17(22-8-15)11-5-6-12(14(20)13(11)19)18-23-9-16(3,4)10-24-18/h5-6,19-20H,7-10H2,1-4H3. The summed E-state index contributed by atoms with van der Waals surface area (Å²) in [5.74, 6) is 0. The molecule has 0 atom stereocenters. The van der Waals surface area contributed by atoms with Gasteiger partial charge in [-0.1, -0.05) is 39.8 Å². The maximum atomic E-state index is 8.31. The molecule has 128 valence electrons. The Morgan fingerprint density at radius 2 is 1.00 bits per heavy atom. The molecule has 6 nitrogen and oxygen atoms in total. The van der Waals surface area contributed by atoms with E-state index < -0.39 is 14.2 Å². The van der Waals surface area contributed by atoms with Crippen molar-refractivity contribution >= 4 is 25.7 Å². The van der Waals surface area contributed by atoms with E-state index in [0.717, 1.165) is 0 Å². The highest BCUT2D eigenvalue weighted by atomic mass is 16.6. The van der Waals surface area contributed by atoms with Crippen LogP contribution in [-0.2, 0) is 18.6 Å². The topological polar surface area (TPSA) is 84.6 Å². The van der Waals surface area contributed by atoms with Gasteiger partial charge in [0.2, 0.25) is 0 Å². The Labute approximate surface area is 143 Å². The molecule has 0 saturated carbocycles. The van der Waals surface area contributed by atoms with E-state index in [-0.39, 0.29) is 22.3 Å². The summed E-state index contributed by atoms with van der Waals surface area (Å²) in [6.07, 6.45) is 3.57. The van der Waals surface area contributed by atoms with Gasteiger partial charge in [0.25, 0.3) is 0 Å². The number of hydrogen-bond donors (Lipinski definition) is 2. The van der Waals surface area contributed by atoms with Gasteiger partial charge in [0, 0.05) is 48.2 Å². The van der Waals surface area contributed by atoms with Crippen LogP contribution in [0.4, 0.5) is 0 Å². The number of hydrogen-bond acceptors (Lipinski definition) is 6. The lowest BCUT2D eigenvalue weighted by molar-refractivity contribution is 0.0325. The zero-order chi connectivity index (χ0) is 17.5. The fourth-order valence-electron chi connectivity index (χ4n) is 2.77. The van der Waals surface area contributed by atoms with Crippen molar-refractivity contribution in [2.24, 2.45) is 10.8 Å².